The third-order valence-electron chi connectivity index (χ3n) is 9.28. The molecule has 228 valence electrons. The third-order valence-corrected chi connectivity index (χ3v) is 9.28. The Labute approximate surface area is 243 Å². The molecule has 3 aliphatic rings. The van der Waals surface area contributed by atoms with Crippen LogP contribution in [0.15, 0.2) is 47.4 Å². The summed E-state index contributed by atoms with van der Waals surface area (Å²) in [6, 6.07) is 10.6. The molecule has 3 fully saturated rings. The molecule has 3 heterocycles. The van der Waals surface area contributed by atoms with Crippen LogP contribution in [0.4, 0.5) is 13.2 Å². The van der Waals surface area contributed by atoms with Crippen molar-refractivity contribution in [3.05, 3.63) is 58.5 Å². The molecule has 1 spiro atoms. The lowest BCUT2D eigenvalue weighted by molar-refractivity contribution is -0.172. The first kappa shape index (κ1) is 30.3. The Morgan fingerprint density at radius 2 is 1.69 bits per heavy atom. The first-order chi connectivity index (χ1) is 19.9. The summed E-state index contributed by atoms with van der Waals surface area (Å²) in [5.41, 5.74) is -0.930. The quantitative estimate of drug-likeness (QED) is 0.548. The van der Waals surface area contributed by atoms with Crippen LogP contribution >= 0.6 is 0 Å². The fourth-order valence-electron chi connectivity index (χ4n) is 6.98. The molecule has 0 bridgehead atoms. The molecule has 2 saturated heterocycles. The molecular weight excluding hydrogens is 551 g/mol. The average molecular weight is 590 g/mol. The van der Waals surface area contributed by atoms with Gasteiger partial charge in [0.25, 0.3) is 11.5 Å². The van der Waals surface area contributed by atoms with E-state index in [-0.39, 0.29) is 37.5 Å². The van der Waals surface area contributed by atoms with Crippen LogP contribution in [0, 0.1) is 11.3 Å². The summed E-state index contributed by atoms with van der Waals surface area (Å²) in [6.07, 6.45) is -1.17. The number of hydrogen-bond acceptors (Lipinski definition) is 5. The molecule has 1 aromatic carbocycles. The molecule has 0 unspecified atom stereocenters. The Hall–Kier alpha value is -3.18. The van der Waals surface area contributed by atoms with Gasteiger partial charge in [0.15, 0.2) is 0 Å². The number of pyridine rings is 1. The van der Waals surface area contributed by atoms with Crippen molar-refractivity contribution in [1.29, 1.82) is 0 Å². The van der Waals surface area contributed by atoms with Crippen LogP contribution in [0.5, 0.6) is 0 Å². The minimum Gasteiger partial charge on any atom is -0.387 e. The van der Waals surface area contributed by atoms with Crippen LogP contribution in [0.2, 0.25) is 0 Å². The van der Waals surface area contributed by atoms with Gasteiger partial charge in [0, 0.05) is 55.3 Å². The highest BCUT2D eigenvalue weighted by Gasteiger charge is 2.56. The summed E-state index contributed by atoms with van der Waals surface area (Å²) < 4.78 is 45.8. The Kier molecular flexibility index (Phi) is 8.53. The molecule has 1 saturated carbocycles. The number of nitrogens with zero attached hydrogens (tertiary/aromatic N) is 3. The highest BCUT2D eigenvalue weighted by molar-refractivity contribution is 6.00. The zero-order chi connectivity index (χ0) is 30.1. The summed E-state index contributed by atoms with van der Waals surface area (Å²) in [5, 5.41) is 12.2. The molecule has 11 heteroatoms. The number of aromatic nitrogens is 1. The van der Waals surface area contributed by atoms with Crippen molar-refractivity contribution in [2.75, 3.05) is 39.4 Å². The largest absolute Gasteiger partial charge is 0.389 e. The van der Waals surface area contributed by atoms with E-state index < -0.39 is 35.4 Å². The second-order valence-corrected chi connectivity index (χ2v) is 12.1. The Morgan fingerprint density at radius 3 is 2.33 bits per heavy atom. The number of halogens is 3. The van der Waals surface area contributed by atoms with Crippen molar-refractivity contribution < 1.29 is 32.6 Å². The molecule has 8 nitrogen and oxygen atoms in total. The van der Waals surface area contributed by atoms with Gasteiger partial charge in [0.05, 0.1) is 37.3 Å². The minimum absolute atomic E-state index is 0.0789. The number of carbonyl (C=O) groups is 2. The number of piperidine rings is 1. The van der Waals surface area contributed by atoms with E-state index in [0.29, 0.717) is 50.3 Å². The van der Waals surface area contributed by atoms with E-state index in [1.807, 2.05) is 30.3 Å². The number of alkyl halides is 3. The van der Waals surface area contributed by atoms with Gasteiger partial charge in [0.2, 0.25) is 5.91 Å². The summed E-state index contributed by atoms with van der Waals surface area (Å²) in [6.45, 7) is 3.14. The monoisotopic (exact) mass is 589 g/mol. The maximum Gasteiger partial charge on any atom is 0.389 e. The van der Waals surface area contributed by atoms with Gasteiger partial charge in [-0.2, -0.15) is 13.2 Å². The lowest BCUT2D eigenvalue weighted by Gasteiger charge is -2.52. The van der Waals surface area contributed by atoms with E-state index in [0.717, 1.165) is 18.4 Å². The van der Waals surface area contributed by atoms with Gasteiger partial charge in [-0.1, -0.05) is 50.1 Å². The van der Waals surface area contributed by atoms with Crippen LogP contribution < -0.4 is 5.56 Å². The van der Waals surface area contributed by atoms with Crippen LogP contribution in [0.25, 0.3) is 11.1 Å². The zero-order valence-corrected chi connectivity index (χ0v) is 23.9. The van der Waals surface area contributed by atoms with Crippen LogP contribution in [0.1, 0.15) is 55.8 Å². The van der Waals surface area contributed by atoms with E-state index in [1.54, 1.807) is 4.90 Å². The van der Waals surface area contributed by atoms with E-state index >= 15 is 0 Å². The molecule has 1 aliphatic carbocycles. The highest BCUT2D eigenvalue weighted by Crippen LogP contribution is 2.52. The fourth-order valence-corrected chi connectivity index (χ4v) is 6.98. The van der Waals surface area contributed by atoms with Crippen LogP contribution in [-0.4, -0.2) is 82.5 Å². The van der Waals surface area contributed by atoms with E-state index in [9.17, 15) is 32.7 Å². The van der Waals surface area contributed by atoms with Gasteiger partial charge in [-0.05, 0) is 24.8 Å². The Morgan fingerprint density at radius 1 is 1.02 bits per heavy atom. The number of aliphatic hydroxyl groups is 1. The second kappa shape index (κ2) is 11.8. The SMILES string of the molecule is C[C@H](CC(F)(F)F)C(=O)N1CC[C@@](O)(Cn2cc(C(=O)N3CCOCC3)c(-c3ccccc3)cc2=O)C2(CCCC2)C1. The molecular formula is C31H38F3N3O5. The smallest absolute Gasteiger partial charge is 0.387 e. The van der Waals surface area contributed by atoms with Crippen molar-refractivity contribution in [3.8, 4) is 11.1 Å². The van der Waals surface area contributed by atoms with Crippen molar-refractivity contribution in [3.63, 3.8) is 0 Å². The third kappa shape index (κ3) is 6.13. The molecule has 1 aromatic heterocycles. The molecule has 2 atom stereocenters. The summed E-state index contributed by atoms with van der Waals surface area (Å²) in [5.74, 6) is -2.01. The topological polar surface area (TPSA) is 92.1 Å². The van der Waals surface area contributed by atoms with Crippen molar-refractivity contribution in [2.24, 2.45) is 11.3 Å². The number of ether oxygens (including phenoxy) is 1. The average Bonchev–Trinajstić information content (AvgIpc) is 3.45. The van der Waals surface area contributed by atoms with E-state index in [1.165, 1.54) is 28.7 Å². The number of hydrogen-bond donors (Lipinski definition) is 1. The number of rotatable bonds is 6. The number of morpholine rings is 1. The first-order valence-corrected chi connectivity index (χ1v) is 14.7. The first-order valence-electron chi connectivity index (χ1n) is 14.7. The van der Waals surface area contributed by atoms with Crippen molar-refractivity contribution >= 4 is 11.8 Å². The molecule has 5 rings (SSSR count). The van der Waals surface area contributed by atoms with Crippen LogP contribution in [0.3, 0.4) is 0 Å². The van der Waals surface area contributed by atoms with Gasteiger partial charge < -0.3 is 24.2 Å². The molecule has 2 aromatic rings. The maximum atomic E-state index is 13.7. The second-order valence-electron chi connectivity index (χ2n) is 12.1. The molecule has 1 N–H and O–H groups in total. The normalized spacial score (nSPS) is 23.3. The van der Waals surface area contributed by atoms with E-state index in [4.69, 9.17) is 4.74 Å². The molecule has 0 radical (unpaired) electrons. The summed E-state index contributed by atoms with van der Waals surface area (Å²) in [7, 11) is 0. The Balaban J connectivity index is 1.46. The predicted octanol–water partition coefficient (Wildman–Crippen LogP) is 4.10. The van der Waals surface area contributed by atoms with Gasteiger partial charge in [0.1, 0.15) is 0 Å². The van der Waals surface area contributed by atoms with Crippen molar-refractivity contribution in [2.45, 2.75) is 63.8 Å². The number of amides is 2. The number of benzene rings is 1. The number of likely N-dealkylation sites (tertiary alicyclic amines) is 1. The van der Waals surface area contributed by atoms with Gasteiger partial charge >= 0.3 is 6.18 Å². The standard InChI is InChI=1S/C31H38F3N3O5/c1-22(18-31(32,33)34)27(39)36-12-11-30(41,29(20-36)9-5-6-10-29)21-37-19-25(28(40)35-13-15-42-16-14-35)24(17-26(37)38)23-7-3-2-4-8-23/h2-4,7-8,17,19,22,41H,5-6,9-16,18,20-21H2,1H3/t22-,30-/m1/s1. The highest BCUT2D eigenvalue weighted by atomic mass is 19.4. The lowest BCUT2D eigenvalue weighted by atomic mass is 9.65. The van der Waals surface area contributed by atoms with Crippen LogP contribution in [-0.2, 0) is 16.1 Å². The zero-order valence-electron chi connectivity index (χ0n) is 23.9. The fraction of sp³-hybridized carbons (Fsp3) is 0.581. The molecule has 42 heavy (non-hydrogen) atoms. The summed E-state index contributed by atoms with van der Waals surface area (Å²) >= 11 is 0. The van der Waals surface area contributed by atoms with Gasteiger partial charge in [-0.25, -0.2) is 0 Å². The minimum atomic E-state index is -4.44. The van der Waals surface area contributed by atoms with Crippen molar-refractivity contribution in [1.82, 2.24) is 14.4 Å². The Bertz CT molecular complexity index is 1350. The van der Waals surface area contributed by atoms with Gasteiger partial charge in [-0.15, -0.1) is 0 Å². The molecule has 2 aliphatic heterocycles. The lowest BCUT2D eigenvalue weighted by Crippen LogP contribution is -2.62. The molecule has 2 amide bonds. The van der Waals surface area contributed by atoms with E-state index in [2.05, 4.69) is 0 Å². The predicted molar refractivity (Wildman–Crippen MR) is 150 cm³/mol. The maximum absolute atomic E-state index is 13.7. The van der Waals surface area contributed by atoms with Gasteiger partial charge in [-0.3, -0.25) is 14.4 Å². The summed E-state index contributed by atoms with van der Waals surface area (Å²) in [4.78, 5) is 43.4. The number of carbonyl (C=O) groups excluding carboxylic acids is 2.